The summed E-state index contributed by atoms with van der Waals surface area (Å²) in [6.07, 6.45) is 2.75. The highest BCUT2D eigenvalue weighted by Crippen LogP contribution is 2.25. The van der Waals surface area contributed by atoms with Crippen LogP contribution in [-0.4, -0.2) is 18.0 Å². The molecule has 0 amide bonds. The number of benzene rings is 2. The van der Waals surface area contributed by atoms with Gasteiger partial charge in [0.2, 0.25) is 0 Å². The van der Waals surface area contributed by atoms with Crippen molar-refractivity contribution >= 4 is 10.8 Å². The number of fused-ring (bicyclic) bond motifs is 1. The molecule has 1 heterocycles. The number of likely N-dealkylation sites (tertiary alicyclic amines) is 1. The molecule has 1 fully saturated rings. The number of rotatable bonds is 2. The van der Waals surface area contributed by atoms with Gasteiger partial charge < -0.3 is 0 Å². The van der Waals surface area contributed by atoms with E-state index in [2.05, 4.69) is 55.1 Å². The summed E-state index contributed by atoms with van der Waals surface area (Å²) in [4.78, 5) is 2.62. The molecule has 1 nitrogen and oxygen atoms in total. The van der Waals surface area contributed by atoms with Gasteiger partial charge in [0.25, 0.3) is 0 Å². The number of hydrogen-bond acceptors (Lipinski definition) is 1. The van der Waals surface area contributed by atoms with Gasteiger partial charge in [-0.05, 0) is 54.1 Å². The molecule has 0 spiro atoms. The van der Waals surface area contributed by atoms with Crippen molar-refractivity contribution in [3.05, 3.63) is 47.5 Å². The average Bonchev–Trinajstić information content (AvgIpc) is 2.42. The predicted molar refractivity (Wildman–Crippen MR) is 82.4 cm³/mol. The van der Waals surface area contributed by atoms with E-state index in [1.807, 2.05) is 0 Å². The zero-order valence-corrected chi connectivity index (χ0v) is 12.0. The lowest BCUT2D eigenvalue weighted by atomic mass is 9.97. The summed E-state index contributed by atoms with van der Waals surface area (Å²) >= 11 is 0. The van der Waals surface area contributed by atoms with Crippen LogP contribution in [0.25, 0.3) is 10.8 Å². The van der Waals surface area contributed by atoms with Crippen molar-refractivity contribution in [2.45, 2.75) is 33.2 Å². The van der Waals surface area contributed by atoms with E-state index < -0.39 is 0 Å². The van der Waals surface area contributed by atoms with Gasteiger partial charge in [-0.3, -0.25) is 4.90 Å². The Morgan fingerprint density at radius 2 is 1.89 bits per heavy atom. The molecule has 3 rings (SSSR count). The molecule has 1 saturated heterocycles. The molecule has 0 aromatic heterocycles. The van der Waals surface area contributed by atoms with Crippen LogP contribution in [0, 0.1) is 12.8 Å². The molecule has 1 heteroatoms. The lowest BCUT2D eigenvalue weighted by Gasteiger charge is -2.31. The molecule has 0 bridgehead atoms. The summed E-state index contributed by atoms with van der Waals surface area (Å²) in [7, 11) is 0. The average molecular weight is 253 g/mol. The first-order valence-electron chi connectivity index (χ1n) is 7.43. The molecule has 2 aromatic carbocycles. The van der Waals surface area contributed by atoms with Crippen molar-refractivity contribution < 1.29 is 0 Å². The van der Waals surface area contributed by atoms with Crippen molar-refractivity contribution in [3.8, 4) is 0 Å². The maximum Gasteiger partial charge on any atom is 0.0240 e. The van der Waals surface area contributed by atoms with Crippen molar-refractivity contribution in [1.82, 2.24) is 4.90 Å². The van der Waals surface area contributed by atoms with Gasteiger partial charge in [0, 0.05) is 13.1 Å². The summed E-state index contributed by atoms with van der Waals surface area (Å²) in [5.74, 6) is 0.852. The number of aryl methyl sites for hydroxylation is 1. The van der Waals surface area contributed by atoms with E-state index in [0.717, 1.165) is 12.5 Å². The van der Waals surface area contributed by atoms with Crippen molar-refractivity contribution in [2.24, 2.45) is 5.92 Å². The van der Waals surface area contributed by atoms with E-state index in [1.54, 1.807) is 0 Å². The summed E-state index contributed by atoms with van der Waals surface area (Å²) < 4.78 is 0. The van der Waals surface area contributed by atoms with Crippen molar-refractivity contribution in [2.75, 3.05) is 13.1 Å². The van der Waals surface area contributed by atoms with Gasteiger partial charge in [-0.25, -0.2) is 0 Å². The molecule has 1 aliphatic heterocycles. The largest absolute Gasteiger partial charge is 0.299 e. The second kappa shape index (κ2) is 5.34. The molecule has 0 N–H and O–H groups in total. The van der Waals surface area contributed by atoms with Crippen LogP contribution in [0.1, 0.15) is 30.9 Å². The Balaban J connectivity index is 1.90. The van der Waals surface area contributed by atoms with Crippen LogP contribution in [0.2, 0.25) is 0 Å². The summed E-state index contributed by atoms with van der Waals surface area (Å²) in [5.41, 5.74) is 2.86. The van der Waals surface area contributed by atoms with Crippen LogP contribution < -0.4 is 0 Å². The fraction of sp³-hybridized carbons (Fsp3) is 0.444. The Morgan fingerprint density at radius 3 is 2.68 bits per heavy atom. The molecular formula is C18H23N. The van der Waals surface area contributed by atoms with Crippen LogP contribution in [0.4, 0.5) is 0 Å². The molecule has 100 valence electrons. The second-order valence-corrected chi connectivity index (χ2v) is 6.07. The normalized spacial score (nSPS) is 20.8. The number of hydrogen-bond donors (Lipinski definition) is 0. The molecule has 2 aromatic rings. The summed E-state index contributed by atoms with van der Waals surface area (Å²) in [5, 5.41) is 2.84. The lowest BCUT2D eigenvalue weighted by molar-refractivity contribution is 0.177. The highest BCUT2D eigenvalue weighted by Gasteiger charge is 2.17. The molecule has 1 aliphatic rings. The van der Waals surface area contributed by atoms with Gasteiger partial charge in [0.05, 0.1) is 0 Å². The quantitative estimate of drug-likeness (QED) is 0.767. The van der Waals surface area contributed by atoms with Gasteiger partial charge >= 0.3 is 0 Å². The van der Waals surface area contributed by atoms with E-state index >= 15 is 0 Å². The van der Waals surface area contributed by atoms with Crippen LogP contribution in [0.3, 0.4) is 0 Å². The Kier molecular flexibility index (Phi) is 3.56. The Morgan fingerprint density at radius 1 is 1.11 bits per heavy atom. The van der Waals surface area contributed by atoms with Gasteiger partial charge in [-0.1, -0.05) is 43.3 Å². The Hall–Kier alpha value is -1.34. The molecule has 0 aliphatic carbocycles. The zero-order chi connectivity index (χ0) is 13.2. The van der Waals surface area contributed by atoms with Crippen LogP contribution in [-0.2, 0) is 6.54 Å². The maximum absolute atomic E-state index is 2.62. The van der Waals surface area contributed by atoms with Gasteiger partial charge in [0.15, 0.2) is 0 Å². The highest BCUT2D eigenvalue weighted by molar-refractivity contribution is 5.88. The first-order valence-corrected chi connectivity index (χ1v) is 7.43. The first-order chi connectivity index (χ1) is 9.24. The fourth-order valence-corrected chi connectivity index (χ4v) is 3.32. The minimum Gasteiger partial charge on any atom is -0.299 e. The van der Waals surface area contributed by atoms with E-state index in [-0.39, 0.29) is 0 Å². The summed E-state index contributed by atoms with van der Waals surface area (Å²) in [6, 6.07) is 13.4. The van der Waals surface area contributed by atoms with Crippen molar-refractivity contribution in [1.29, 1.82) is 0 Å². The molecule has 0 radical (unpaired) electrons. The van der Waals surface area contributed by atoms with E-state index in [9.17, 15) is 0 Å². The third kappa shape index (κ3) is 2.66. The molecule has 0 unspecified atom stereocenters. The molecule has 1 atom stereocenters. The number of piperidine rings is 1. The fourth-order valence-electron chi connectivity index (χ4n) is 3.32. The topological polar surface area (TPSA) is 3.24 Å². The Bertz CT molecular complexity index is 573. The zero-order valence-electron chi connectivity index (χ0n) is 12.0. The minimum atomic E-state index is 0.852. The van der Waals surface area contributed by atoms with Gasteiger partial charge in [0.1, 0.15) is 0 Å². The van der Waals surface area contributed by atoms with Crippen molar-refractivity contribution in [3.63, 3.8) is 0 Å². The van der Waals surface area contributed by atoms with Crippen LogP contribution >= 0.6 is 0 Å². The number of nitrogens with zero attached hydrogens (tertiary/aromatic N) is 1. The predicted octanol–water partition coefficient (Wildman–Crippen LogP) is 4.38. The summed E-state index contributed by atoms with van der Waals surface area (Å²) in [6.45, 7) is 8.19. The van der Waals surface area contributed by atoms with Crippen LogP contribution in [0.5, 0.6) is 0 Å². The molecule has 0 saturated carbocycles. The van der Waals surface area contributed by atoms with E-state index in [1.165, 1.54) is 47.8 Å². The monoisotopic (exact) mass is 253 g/mol. The smallest absolute Gasteiger partial charge is 0.0240 e. The first kappa shape index (κ1) is 12.7. The second-order valence-electron chi connectivity index (χ2n) is 6.07. The van der Waals surface area contributed by atoms with E-state index in [4.69, 9.17) is 0 Å². The molecular weight excluding hydrogens is 230 g/mol. The highest BCUT2D eigenvalue weighted by atomic mass is 15.1. The molecule has 19 heavy (non-hydrogen) atoms. The SMILES string of the molecule is Cc1ccc(CN2CCC[C@@H](C)C2)c2ccccc12. The van der Waals surface area contributed by atoms with E-state index in [0.29, 0.717) is 0 Å². The minimum absolute atomic E-state index is 0.852. The standard InChI is InChI=1S/C18H23N/c1-14-6-5-11-19(12-14)13-16-10-9-15(2)17-7-3-4-8-18(16)17/h3-4,7-10,14H,5-6,11-13H2,1-2H3/t14-/m1/s1. The third-order valence-corrected chi connectivity index (χ3v) is 4.37. The Labute approximate surface area is 116 Å². The lowest BCUT2D eigenvalue weighted by Crippen LogP contribution is -2.33. The van der Waals surface area contributed by atoms with Gasteiger partial charge in [-0.15, -0.1) is 0 Å². The maximum atomic E-state index is 2.62. The third-order valence-electron chi connectivity index (χ3n) is 4.37. The van der Waals surface area contributed by atoms with Crippen LogP contribution in [0.15, 0.2) is 36.4 Å². The van der Waals surface area contributed by atoms with Gasteiger partial charge in [-0.2, -0.15) is 0 Å².